The van der Waals surface area contributed by atoms with Crippen molar-refractivity contribution in [3.63, 3.8) is 0 Å². The molecule has 3 aromatic rings. The summed E-state index contributed by atoms with van der Waals surface area (Å²) in [7, 11) is 0. The van der Waals surface area contributed by atoms with E-state index in [1.165, 1.54) is 27.8 Å². The monoisotopic (exact) mass is 477 g/mol. The zero-order chi connectivity index (χ0) is 23.7. The number of piperazine rings is 1. The summed E-state index contributed by atoms with van der Waals surface area (Å²) in [5, 5.41) is 4.32. The number of hydrogen-bond donors (Lipinski definition) is 1. The van der Waals surface area contributed by atoms with E-state index in [1.54, 1.807) is 0 Å². The summed E-state index contributed by atoms with van der Waals surface area (Å²) in [6, 6.07) is 7.93. The Morgan fingerprint density at radius 3 is 2.65 bits per heavy atom. The molecule has 7 heteroatoms. The third kappa shape index (κ3) is 4.76. The van der Waals surface area contributed by atoms with Gasteiger partial charge in [0.25, 0.3) is 0 Å². The molecule has 6 nitrogen and oxygen atoms in total. The van der Waals surface area contributed by atoms with Crippen LogP contribution in [0.4, 0.5) is 16.3 Å². The minimum atomic E-state index is -0.0260. The zero-order valence-corrected chi connectivity index (χ0v) is 21.4. The fourth-order valence-electron chi connectivity index (χ4n) is 5.00. The van der Waals surface area contributed by atoms with Crippen LogP contribution >= 0.6 is 11.3 Å². The number of amides is 2. The average molecular weight is 478 g/mol. The van der Waals surface area contributed by atoms with Crippen LogP contribution in [0.1, 0.15) is 54.9 Å². The summed E-state index contributed by atoms with van der Waals surface area (Å²) < 4.78 is 0. The number of thiophene rings is 1. The van der Waals surface area contributed by atoms with E-state index in [0.717, 1.165) is 73.3 Å². The average Bonchev–Trinajstić information content (AvgIpc) is 3.21. The molecule has 1 atom stereocenters. The lowest BCUT2D eigenvalue weighted by atomic mass is 9.89. The molecule has 3 heterocycles. The lowest BCUT2D eigenvalue weighted by Gasteiger charge is -2.36. The SMILES string of the molecule is CCCCc1nc(N2CCN(C(=O)Nc3ccc(C)cc3)CC2)c2c3c(sc2n1)CC(C)CC3. The molecular formula is C27H35N5OS. The van der Waals surface area contributed by atoms with Crippen molar-refractivity contribution in [2.45, 2.75) is 59.3 Å². The second-order valence-electron chi connectivity index (χ2n) is 9.87. The Labute approximate surface area is 206 Å². The number of nitrogens with one attached hydrogen (secondary N) is 1. The van der Waals surface area contributed by atoms with E-state index < -0.39 is 0 Å². The standard InChI is InChI=1S/C27H35N5OS/c1-4-5-6-23-29-25(24-21-12-9-19(3)17-22(21)34-26(24)30-23)31-13-15-32(16-14-31)27(33)28-20-10-7-18(2)8-11-20/h7-8,10-11,19H,4-6,9,12-17H2,1-3H3,(H,28,33). The fraction of sp³-hybridized carbons (Fsp3) is 0.519. The van der Waals surface area contributed by atoms with Gasteiger partial charge in [0.2, 0.25) is 0 Å². The molecule has 1 N–H and O–H groups in total. The number of aryl methyl sites for hydroxylation is 3. The largest absolute Gasteiger partial charge is 0.352 e. The first kappa shape index (κ1) is 23.1. The molecule has 2 aliphatic rings. The lowest BCUT2D eigenvalue weighted by molar-refractivity contribution is 0.208. The fourth-order valence-corrected chi connectivity index (χ4v) is 6.40. The van der Waals surface area contributed by atoms with Crippen LogP contribution in [0.15, 0.2) is 24.3 Å². The molecule has 0 saturated carbocycles. The molecule has 2 aromatic heterocycles. The van der Waals surface area contributed by atoms with Crippen LogP contribution in [0, 0.1) is 12.8 Å². The Balaban J connectivity index is 1.36. The molecule has 0 spiro atoms. The first-order valence-electron chi connectivity index (χ1n) is 12.7. The van der Waals surface area contributed by atoms with Crippen molar-refractivity contribution < 1.29 is 4.79 Å². The van der Waals surface area contributed by atoms with Gasteiger partial charge in [0.15, 0.2) is 0 Å². The number of anilines is 2. The van der Waals surface area contributed by atoms with Gasteiger partial charge in [0.1, 0.15) is 16.5 Å². The predicted molar refractivity (Wildman–Crippen MR) is 141 cm³/mol. The molecule has 1 aliphatic carbocycles. The van der Waals surface area contributed by atoms with Crippen molar-refractivity contribution in [1.29, 1.82) is 0 Å². The zero-order valence-electron chi connectivity index (χ0n) is 20.6. The minimum Gasteiger partial charge on any atom is -0.352 e. The number of urea groups is 1. The Kier molecular flexibility index (Phi) is 6.73. The Morgan fingerprint density at radius 2 is 1.91 bits per heavy atom. The second-order valence-corrected chi connectivity index (χ2v) is 11.0. The summed E-state index contributed by atoms with van der Waals surface area (Å²) in [4.78, 5) is 29.9. The Bertz CT molecular complexity index is 1160. The number of aromatic nitrogens is 2. The molecule has 34 heavy (non-hydrogen) atoms. The predicted octanol–water partition coefficient (Wildman–Crippen LogP) is 5.82. The molecule has 5 rings (SSSR count). The number of carbonyl (C=O) groups excluding carboxylic acids is 1. The minimum absolute atomic E-state index is 0.0260. The van der Waals surface area contributed by atoms with Crippen molar-refractivity contribution in [2.75, 3.05) is 36.4 Å². The quantitative estimate of drug-likeness (QED) is 0.503. The van der Waals surface area contributed by atoms with Gasteiger partial charge in [0.05, 0.1) is 5.39 Å². The molecule has 2 amide bonds. The van der Waals surface area contributed by atoms with Gasteiger partial charge < -0.3 is 15.1 Å². The smallest absolute Gasteiger partial charge is 0.321 e. The number of unbranched alkanes of at least 4 members (excludes halogenated alkanes) is 1. The maximum absolute atomic E-state index is 12.8. The van der Waals surface area contributed by atoms with Crippen molar-refractivity contribution in [2.24, 2.45) is 5.92 Å². The molecule has 0 radical (unpaired) electrons. The van der Waals surface area contributed by atoms with E-state index in [1.807, 2.05) is 47.4 Å². The normalized spacial score (nSPS) is 18.3. The van der Waals surface area contributed by atoms with E-state index in [-0.39, 0.29) is 6.03 Å². The van der Waals surface area contributed by atoms with Crippen molar-refractivity contribution in [1.82, 2.24) is 14.9 Å². The molecule has 1 aliphatic heterocycles. The van der Waals surface area contributed by atoms with Gasteiger partial charge in [-0.05, 0) is 56.2 Å². The summed E-state index contributed by atoms with van der Waals surface area (Å²) in [5.74, 6) is 2.81. The Hall–Kier alpha value is -2.67. The highest BCUT2D eigenvalue weighted by Crippen LogP contribution is 2.41. The number of rotatable bonds is 5. The van der Waals surface area contributed by atoms with Gasteiger partial charge in [-0.2, -0.15) is 0 Å². The van der Waals surface area contributed by atoms with E-state index in [2.05, 4.69) is 24.1 Å². The highest BCUT2D eigenvalue weighted by molar-refractivity contribution is 7.19. The highest BCUT2D eigenvalue weighted by Gasteiger charge is 2.28. The van der Waals surface area contributed by atoms with Crippen LogP contribution in [0.2, 0.25) is 0 Å². The van der Waals surface area contributed by atoms with Crippen molar-refractivity contribution >= 4 is 39.1 Å². The summed E-state index contributed by atoms with van der Waals surface area (Å²) >= 11 is 1.88. The van der Waals surface area contributed by atoms with Gasteiger partial charge in [0, 0.05) is 43.2 Å². The van der Waals surface area contributed by atoms with Gasteiger partial charge in [-0.25, -0.2) is 14.8 Å². The summed E-state index contributed by atoms with van der Waals surface area (Å²) in [5.41, 5.74) is 3.51. The molecule has 1 fully saturated rings. The van der Waals surface area contributed by atoms with E-state index in [0.29, 0.717) is 13.1 Å². The van der Waals surface area contributed by atoms with Crippen molar-refractivity contribution in [3.8, 4) is 0 Å². The Morgan fingerprint density at radius 1 is 1.15 bits per heavy atom. The van der Waals surface area contributed by atoms with Crippen LogP contribution in [0.5, 0.6) is 0 Å². The van der Waals surface area contributed by atoms with Crippen LogP contribution < -0.4 is 10.2 Å². The van der Waals surface area contributed by atoms with Crippen LogP contribution in [0.25, 0.3) is 10.2 Å². The maximum atomic E-state index is 12.8. The maximum Gasteiger partial charge on any atom is 0.321 e. The van der Waals surface area contributed by atoms with Crippen molar-refractivity contribution in [3.05, 3.63) is 46.1 Å². The van der Waals surface area contributed by atoms with Gasteiger partial charge >= 0.3 is 6.03 Å². The van der Waals surface area contributed by atoms with Crippen LogP contribution in [-0.4, -0.2) is 47.1 Å². The van der Waals surface area contributed by atoms with E-state index in [4.69, 9.17) is 9.97 Å². The number of benzene rings is 1. The highest BCUT2D eigenvalue weighted by atomic mass is 32.1. The molecule has 180 valence electrons. The molecule has 1 unspecified atom stereocenters. The van der Waals surface area contributed by atoms with E-state index in [9.17, 15) is 4.79 Å². The van der Waals surface area contributed by atoms with Gasteiger partial charge in [-0.3, -0.25) is 0 Å². The first-order valence-corrected chi connectivity index (χ1v) is 13.5. The van der Waals surface area contributed by atoms with Gasteiger partial charge in [-0.15, -0.1) is 11.3 Å². The number of nitrogens with zero attached hydrogens (tertiary/aromatic N) is 4. The van der Waals surface area contributed by atoms with Crippen LogP contribution in [-0.2, 0) is 19.3 Å². The molecule has 1 aromatic carbocycles. The molecule has 0 bridgehead atoms. The number of hydrogen-bond acceptors (Lipinski definition) is 5. The molecule has 1 saturated heterocycles. The third-order valence-corrected chi connectivity index (χ3v) is 8.25. The summed E-state index contributed by atoms with van der Waals surface area (Å²) in [6.45, 7) is 9.59. The molecular weight excluding hydrogens is 442 g/mol. The first-order chi connectivity index (χ1) is 16.5. The second kappa shape index (κ2) is 9.90. The summed E-state index contributed by atoms with van der Waals surface area (Å²) in [6.07, 6.45) is 6.71. The third-order valence-electron chi connectivity index (χ3n) is 7.11. The van der Waals surface area contributed by atoms with E-state index >= 15 is 0 Å². The number of fused-ring (bicyclic) bond motifs is 3. The lowest BCUT2D eigenvalue weighted by Crippen LogP contribution is -2.50. The topological polar surface area (TPSA) is 61.4 Å². The number of carbonyl (C=O) groups is 1. The van der Waals surface area contributed by atoms with Crippen LogP contribution in [0.3, 0.4) is 0 Å². The van der Waals surface area contributed by atoms with Gasteiger partial charge in [-0.1, -0.05) is 38.0 Å².